The number of hydrogen-bond donors (Lipinski definition) is 0. The van der Waals surface area contributed by atoms with Gasteiger partial charge < -0.3 is 0 Å². The van der Waals surface area contributed by atoms with Gasteiger partial charge in [0, 0.05) is 6.92 Å². The van der Waals surface area contributed by atoms with Gasteiger partial charge in [-0.3, -0.25) is 0 Å². The van der Waals surface area contributed by atoms with Crippen molar-refractivity contribution in [3.63, 3.8) is 0 Å². The number of hydrogen-bond acceptors (Lipinski definition) is 0. The third-order valence-electron chi connectivity index (χ3n) is 2.00. The molecule has 16 heavy (non-hydrogen) atoms. The fourth-order valence-electron chi connectivity index (χ4n) is 0.770. The van der Waals surface area contributed by atoms with Crippen molar-refractivity contribution in [3.8, 4) is 0 Å². The molecule has 1 atom stereocenters. The van der Waals surface area contributed by atoms with Crippen molar-refractivity contribution < 1.29 is 39.5 Å². The Morgan fingerprint density at radius 1 is 0.750 bits per heavy atom. The maximum Gasteiger partial charge on any atom is 0.397 e. The van der Waals surface area contributed by atoms with Crippen molar-refractivity contribution in [2.75, 3.05) is 0 Å². The van der Waals surface area contributed by atoms with Gasteiger partial charge in [0.2, 0.25) is 0 Å². The van der Waals surface area contributed by atoms with E-state index in [4.69, 9.17) is 0 Å². The maximum atomic E-state index is 12.6. The van der Waals surface area contributed by atoms with Crippen LogP contribution in [0.2, 0.25) is 0 Å². The zero-order valence-electron chi connectivity index (χ0n) is 7.98. The molecule has 0 aliphatic heterocycles. The van der Waals surface area contributed by atoms with Crippen LogP contribution in [0.4, 0.5) is 39.5 Å². The zero-order chi connectivity index (χ0) is 13.6. The molecular formula is C7H7F9. The molecule has 0 aromatic heterocycles. The summed E-state index contributed by atoms with van der Waals surface area (Å²) in [6, 6.07) is 0. The molecule has 0 spiro atoms. The van der Waals surface area contributed by atoms with Crippen LogP contribution in [0.15, 0.2) is 0 Å². The van der Waals surface area contributed by atoms with Crippen LogP contribution >= 0.6 is 0 Å². The predicted molar refractivity (Wildman–Crippen MR) is 35.7 cm³/mol. The quantitative estimate of drug-likeness (QED) is 0.671. The van der Waals surface area contributed by atoms with E-state index in [2.05, 4.69) is 0 Å². The van der Waals surface area contributed by atoms with E-state index in [0.29, 0.717) is 0 Å². The first-order chi connectivity index (χ1) is 6.65. The number of alkyl halides is 9. The van der Waals surface area contributed by atoms with Crippen LogP contribution in [-0.4, -0.2) is 23.9 Å². The van der Waals surface area contributed by atoms with Gasteiger partial charge in [0.25, 0.3) is 0 Å². The molecule has 0 bridgehead atoms. The van der Waals surface area contributed by atoms with Gasteiger partial charge in [-0.1, -0.05) is 0 Å². The molecular weight excluding hydrogens is 255 g/mol. The summed E-state index contributed by atoms with van der Waals surface area (Å²) in [5.41, 5.74) is 0. The Labute approximate surface area is 84.4 Å². The highest BCUT2D eigenvalue weighted by molar-refractivity contribution is 4.98. The molecule has 0 radical (unpaired) electrons. The van der Waals surface area contributed by atoms with Crippen LogP contribution in [0, 0.1) is 5.92 Å². The SMILES string of the molecule is CC(C(F)(F)F)C(F)(F)C(F)(F)C(C)(F)F. The first-order valence-corrected chi connectivity index (χ1v) is 3.86. The summed E-state index contributed by atoms with van der Waals surface area (Å²) in [4.78, 5) is 0. The van der Waals surface area contributed by atoms with Crippen LogP contribution in [0.5, 0.6) is 0 Å². The van der Waals surface area contributed by atoms with E-state index < -0.39 is 36.8 Å². The average molecular weight is 262 g/mol. The zero-order valence-corrected chi connectivity index (χ0v) is 7.98. The lowest BCUT2D eigenvalue weighted by atomic mass is 9.93. The van der Waals surface area contributed by atoms with Gasteiger partial charge in [-0.2, -0.15) is 39.5 Å². The Kier molecular flexibility index (Phi) is 3.55. The third-order valence-corrected chi connectivity index (χ3v) is 2.00. The Hall–Kier alpha value is -0.630. The van der Waals surface area contributed by atoms with Crippen LogP contribution < -0.4 is 0 Å². The van der Waals surface area contributed by atoms with Crippen molar-refractivity contribution in [1.82, 2.24) is 0 Å². The van der Waals surface area contributed by atoms with Crippen molar-refractivity contribution in [2.45, 2.75) is 37.8 Å². The fourth-order valence-corrected chi connectivity index (χ4v) is 0.770. The molecule has 98 valence electrons. The van der Waals surface area contributed by atoms with Gasteiger partial charge in [0.05, 0.1) is 0 Å². The molecule has 0 aromatic carbocycles. The van der Waals surface area contributed by atoms with E-state index in [-0.39, 0.29) is 6.92 Å². The molecule has 0 heterocycles. The van der Waals surface area contributed by atoms with Crippen LogP contribution in [-0.2, 0) is 0 Å². The van der Waals surface area contributed by atoms with Gasteiger partial charge in [-0.05, 0) is 6.92 Å². The van der Waals surface area contributed by atoms with E-state index in [1.165, 1.54) is 0 Å². The lowest BCUT2D eigenvalue weighted by Crippen LogP contribution is -2.58. The van der Waals surface area contributed by atoms with Gasteiger partial charge in [-0.15, -0.1) is 0 Å². The van der Waals surface area contributed by atoms with E-state index >= 15 is 0 Å². The highest BCUT2D eigenvalue weighted by atomic mass is 19.4. The molecule has 0 amide bonds. The Balaban J connectivity index is 5.37. The highest BCUT2D eigenvalue weighted by Crippen LogP contribution is 2.52. The van der Waals surface area contributed by atoms with Crippen molar-refractivity contribution in [1.29, 1.82) is 0 Å². The molecule has 0 saturated heterocycles. The molecule has 0 saturated carbocycles. The van der Waals surface area contributed by atoms with Crippen LogP contribution in [0.25, 0.3) is 0 Å². The number of halogens is 9. The minimum atomic E-state index is -6.07. The summed E-state index contributed by atoms with van der Waals surface area (Å²) in [7, 11) is 0. The minimum Gasteiger partial charge on any atom is -0.200 e. The summed E-state index contributed by atoms with van der Waals surface area (Å²) in [6.07, 6.45) is -5.70. The van der Waals surface area contributed by atoms with Crippen molar-refractivity contribution in [2.24, 2.45) is 5.92 Å². The Morgan fingerprint density at radius 2 is 1.06 bits per heavy atom. The Morgan fingerprint density at radius 3 is 1.25 bits per heavy atom. The predicted octanol–water partition coefficient (Wildman–Crippen LogP) is 4.11. The maximum absolute atomic E-state index is 12.6. The van der Waals surface area contributed by atoms with Gasteiger partial charge in [0.15, 0.2) is 0 Å². The topological polar surface area (TPSA) is 0 Å². The fraction of sp³-hybridized carbons (Fsp3) is 1.00. The summed E-state index contributed by atoms with van der Waals surface area (Å²) in [5, 5.41) is 0. The van der Waals surface area contributed by atoms with E-state index in [1.807, 2.05) is 0 Å². The average Bonchev–Trinajstić information content (AvgIpc) is 1.98. The second-order valence-corrected chi connectivity index (χ2v) is 3.35. The molecule has 0 aliphatic carbocycles. The van der Waals surface area contributed by atoms with E-state index in [0.717, 1.165) is 0 Å². The largest absolute Gasteiger partial charge is 0.397 e. The molecule has 0 fully saturated rings. The molecule has 9 heteroatoms. The van der Waals surface area contributed by atoms with Crippen molar-refractivity contribution in [3.05, 3.63) is 0 Å². The molecule has 0 N–H and O–H groups in total. The summed E-state index contributed by atoms with van der Waals surface area (Å²) in [5.74, 6) is -21.1. The Bertz CT molecular complexity index is 246. The first-order valence-electron chi connectivity index (χ1n) is 3.86. The second kappa shape index (κ2) is 3.69. The van der Waals surface area contributed by atoms with Crippen molar-refractivity contribution >= 4 is 0 Å². The van der Waals surface area contributed by atoms with Crippen LogP contribution in [0.1, 0.15) is 13.8 Å². The van der Waals surface area contributed by atoms with Crippen LogP contribution in [0.3, 0.4) is 0 Å². The molecule has 1 unspecified atom stereocenters. The van der Waals surface area contributed by atoms with Gasteiger partial charge in [-0.25, -0.2) is 0 Å². The van der Waals surface area contributed by atoms with Gasteiger partial charge >= 0.3 is 23.9 Å². The van der Waals surface area contributed by atoms with E-state index in [9.17, 15) is 39.5 Å². The highest BCUT2D eigenvalue weighted by Gasteiger charge is 2.74. The summed E-state index contributed by atoms with van der Waals surface area (Å²) in [6.45, 7) is -0.844. The third kappa shape index (κ3) is 2.37. The molecule has 0 nitrogen and oxygen atoms in total. The standard InChI is InChI=1S/C7H7F9/c1-3(6(12,13)14)5(10,11)7(15,16)4(2,8)9/h3H,1-2H3. The number of rotatable bonds is 3. The smallest absolute Gasteiger partial charge is 0.200 e. The normalized spacial score (nSPS) is 17.4. The molecule has 0 aliphatic rings. The molecule has 0 aromatic rings. The van der Waals surface area contributed by atoms with E-state index in [1.54, 1.807) is 0 Å². The monoisotopic (exact) mass is 262 g/mol. The first kappa shape index (κ1) is 15.4. The lowest BCUT2D eigenvalue weighted by Gasteiger charge is -2.35. The summed E-state index contributed by atoms with van der Waals surface area (Å²) >= 11 is 0. The lowest BCUT2D eigenvalue weighted by molar-refractivity contribution is -0.349. The minimum absolute atomic E-state index is 0.278. The second-order valence-electron chi connectivity index (χ2n) is 3.35. The van der Waals surface area contributed by atoms with Gasteiger partial charge in [0.1, 0.15) is 5.92 Å². The molecule has 0 rings (SSSR count). The summed E-state index contributed by atoms with van der Waals surface area (Å²) < 4.78 is 110.